The lowest BCUT2D eigenvalue weighted by Crippen LogP contribution is -2.33. The SMILES string of the molecule is c1ccc(C2=NC(c3ccccc3)NC(c3ccc(-c4ccc(-c5ccccc5)cc4)c4oc5cc6cnccc6cc5c34)=N2)cc1. The molecule has 2 aromatic heterocycles. The van der Waals surface area contributed by atoms with Crippen LogP contribution in [0.2, 0.25) is 0 Å². The Balaban J connectivity index is 1.26. The van der Waals surface area contributed by atoms with E-state index < -0.39 is 0 Å². The standard InChI is InChI=1S/C42H28N4O/c1-4-10-27(11-5-1)28-16-18-29(19-17-28)34-20-21-35(38-36-24-32-22-23-43-26-33(32)25-37(36)47-39(34)38)42-45-40(30-12-6-2-7-13-30)44-41(46-42)31-14-8-3-9-15-31/h1-26,40H,(H,44,45,46). The molecule has 9 rings (SSSR count). The number of amidine groups is 2. The van der Waals surface area contributed by atoms with Gasteiger partial charge in [0.05, 0.1) is 0 Å². The van der Waals surface area contributed by atoms with Gasteiger partial charge in [0.25, 0.3) is 0 Å². The minimum Gasteiger partial charge on any atom is -0.455 e. The maximum absolute atomic E-state index is 6.77. The molecule has 5 heteroatoms. The average molecular weight is 605 g/mol. The van der Waals surface area contributed by atoms with E-state index in [2.05, 4.69) is 107 Å². The number of aliphatic imine (C=N–C) groups is 2. The summed E-state index contributed by atoms with van der Waals surface area (Å²) in [7, 11) is 0. The Morgan fingerprint density at radius 3 is 2.00 bits per heavy atom. The van der Waals surface area contributed by atoms with Gasteiger partial charge in [0.15, 0.2) is 5.84 Å². The highest BCUT2D eigenvalue weighted by Crippen LogP contribution is 2.40. The summed E-state index contributed by atoms with van der Waals surface area (Å²) in [5.74, 6) is 1.44. The molecule has 1 aliphatic rings. The third-order valence-electron chi connectivity index (χ3n) is 8.83. The number of fused-ring (bicyclic) bond motifs is 4. The quantitative estimate of drug-likeness (QED) is 0.213. The van der Waals surface area contributed by atoms with Gasteiger partial charge in [-0.1, -0.05) is 115 Å². The molecule has 3 heterocycles. The van der Waals surface area contributed by atoms with E-state index in [1.54, 1.807) is 0 Å². The minimum absolute atomic E-state index is 0.302. The average Bonchev–Trinajstić information content (AvgIpc) is 3.53. The zero-order valence-electron chi connectivity index (χ0n) is 25.3. The van der Waals surface area contributed by atoms with Crippen LogP contribution in [0.3, 0.4) is 0 Å². The molecule has 47 heavy (non-hydrogen) atoms. The molecule has 8 aromatic rings. The van der Waals surface area contributed by atoms with Gasteiger partial charge in [-0.2, -0.15) is 0 Å². The van der Waals surface area contributed by atoms with Gasteiger partial charge in [-0.25, -0.2) is 9.98 Å². The van der Waals surface area contributed by atoms with Crippen LogP contribution in [0, 0.1) is 0 Å². The first-order valence-corrected chi connectivity index (χ1v) is 15.7. The van der Waals surface area contributed by atoms with Crippen molar-refractivity contribution in [1.29, 1.82) is 0 Å². The number of rotatable bonds is 5. The molecule has 5 nitrogen and oxygen atoms in total. The fourth-order valence-corrected chi connectivity index (χ4v) is 6.47. The number of hydrogen-bond donors (Lipinski definition) is 1. The minimum atomic E-state index is -0.302. The van der Waals surface area contributed by atoms with Crippen LogP contribution in [0.4, 0.5) is 0 Å². The molecule has 0 amide bonds. The predicted molar refractivity (Wildman–Crippen MR) is 192 cm³/mol. The first-order valence-electron chi connectivity index (χ1n) is 15.7. The van der Waals surface area contributed by atoms with E-state index in [-0.39, 0.29) is 6.17 Å². The van der Waals surface area contributed by atoms with Crippen molar-refractivity contribution in [3.05, 3.63) is 175 Å². The summed E-state index contributed by atoms with van der Waals surface area (Å²) < 4.78 is 6.77. The van der Waals surface area contributed by atoms with Crippen molar-refractivity contribution in [1.82, 2.24) is 10.3 Å². The lowest BCUT2D eigenvalue weighted by atomic mass is 9.95. The molecule has 0 bridgehead atoms. The van der Waals surface area contributed by atoms with Crippen LogP contribution in [-0.4, -0.2) is 16.7 Å². The zero-order valence-corrected chi connectivity index (χ0v) is 25.3. The number of aromatic nitrogens is 1. The summed E-state index contributed by atoms with van der Waals surface area (Å²) in [5.41, 5.74) is 9.08. The molecule has 0 fully saturated rings. The lowest BCUT2D eigenvalue weighted by Gasteiger charge is -2.24. The zero-order chi connectivity index (χ0) is 31.2. The maximum Gasteiger partial charge on any atom is 0.159 e. The molecule has 0 radical (unpaired) electrons. The molecule has 1 aliphatic heterocycles. The third kappa shape index (κ3) is 4.86. The fourth-order valence-electron chi connectivity index (χ4n) is 6.47. The van der Waals surface area contributed by atoms with Gasteiger partial charge in [0.2, 0.25) is 0 Å². The maximum atomic E-state index is 6.77. The number of hydrogen-bond acceptors (Lipinski definition) is 5. The Morgan fingerprint density at radius 2 is 1.23 bits per heavy atom. The highest BCUT2D eigenvalue weighted by atomic mass is 16.3. The van der Waals surface area contributed by atoms with E-state index in [9.17, 15) is 0 Å². The topological polar surface area (TPSA) is 62.8 Å². The van der Waals surface area contributed by atoms with Crippen LogP contribution in [0.5, 0.6) is 0 Å². The van der Waals surface area contributed by atoms with Crippen LogP contribution >= 0.6 is 0 Å². The summed E-state index contributed by atoms with van der Waals surface area (Å²) in [6.07, 6.45) is 3.41. The van der Waals surface area contributed by atoms with Crippen molar-refractivity contribution >= 4 is 44.4 Å². The van der Waals surface area contributed by atoms with E-state index in [1.165, 1.54) is 11.1 Å². The number of benzene rings is 6. The highest BCUT2D eigenvalue weighted by Gasteiger charge is 2.25. The summed E-state index contributed by atoms with van der Waals surface area (Å²) >= 11 is 0. The fraction of sp³-hybridized carbons (Fsp3) is 0.0238. The molecule has 0 saturated carbocycles. The molecular weight excluding hydrogens is 576 g/mol. The molecule has 1 unspecified atom stereocenters. The van der Waals surface area contributed by atoms with Gasteiger partial charge in [-0.05, 0) is 58.0 Å². The van der Waals surface area contributed by atoms with Crippen molar-refractivity contribution in [2.45, 2.75) is 6.17 Å². The highest BCUT2D eigenvalue weighted by molar-refractivity contribution is 6.24. The Kier molecular flexibility index (Phi) is 6.46. The van der Waals surface area contributed by atoms with Gasteiger partial charge < -0.3 is 9.73 Å². The van der Waals surface area contributed by atoms with Crippen LogP contribution in [0.1, 0.15) is 22.9 Å². The molecule has 6 aromatic carbocycles. The normalized spacial score (nSPS) is 14.6. The monoisotopic (exact) mass is 604 g/mol. The summed E-state index contributed by atoms with van der Waals surface area (Å²) in [5, 5.41) is 7.84. The molecule has 0 aliphatic carbocycles. The molecule has 0 spiro atoms. The summed E-state index contributed by atoms with van der Waals surface area (Å²) in [4.78, 5) is 14.6. The summed E-state index contributed by atoms with van der Waals surface area (Å²) in [6.45, 7) is 0. The van der Waals surface area contributed by atoms with E-state index in [1.807, 2.05) is 60.9 Å². The van der Waals surface area contributed by atoms with Gasteiger partial charge in [0.1, 0.15) is 23.2 Å². The Labute approximate surface area is 271 Å². The Bertz CT molecular complexity index is 2470. The first-order chi connectivity index (χ1) is 23.3. The Morgan fingerprint density at radius 1 is 0.574 bits per heavy atom. The largest absolute Gasteiger partial charge is 0.455 e. The second-order valence-electron chi connectivity index (χ2n) is 11.7. The second-order valence-corrected chi connectivity index (χ2v) is 11.7. The molecule has 0 saturated heterocycles. The number of furan rings is 1. The third-order valence-corrected chi connectivity index (χ3v) is 8.83. The van der Waals surface area contributed by atoms with Crippen LogP contribution in [0.25, 0.3) is 55.0 Å². The predicted octanol–water partition coefficient (Wildman–Crippen LogP) is 9.96. The molecule has 1 N–H and O–H groups in total. The summed E-state index contributed by atoms with van der Waals surface area (Å²) in [6, 6.07) is 50.2. The van der Waals surface area contributed by atoms with Gasteiger partial charge >= 0.3 is 0 Å². The van der Waals surface area contributed by atoms with Crippen LogP contribution < -0.4 is 5.32 Å². The molecule has 222 valence electrons. The van der Waals surface area contributed by atoms with Gasteiger partial charge in [-0.3, -0.25) is 4.98 Å². The first kappa shape index (κ1) is 27.0. The van der Waals surface area contributed by atoms with Crippen molar-refractivity contribution in [2.75, 3.05) is 0 Å². The number of nitrogens with one attached hydrogen (secondary N) is 1. The van der Waals surface area contributed by atoms with E-state index >= 15 is 0 Å². The van der Waals surface area contributed by atoms with Crippen LogP contribution in [0.15, 0.2) is 172 Å². The van der Waals surface area contributed by atoms with Gasteiger partial charge in [0, 0.05) is 45.2 Å². The van der Waals surface area contributed by atoms with Crippen LogP contribution in [-0.2, 0) is 0 Å². The number of nitrogens with zero attached hydrogens (tertiary/aromatic N) is 3. The Hall–Kier alpha value is -6.33. The second kappa shape index (κ2) is 11.2. The van der Waals surface area contributed by atoms with E-state index in [4.69, 9.17) is 14.4 Å². The number of pyridine rings is 1. The van der Waals surface area contributed by atoms with Gasteiger partial charge in [-0.15, -0.1) is 0 Å². The van der Waals surface area contributed by atoms with Crippen molar-refractivity contribution < 1.29 is 4.42 Å². The van der Waals surface area contributed by atoms with Crippen molar-refractivity contribution in [3.63, 3.8) is 0 Å². The molecular formula is C42H28N4O. The van der Waals surface area contributed by atoms with E-state index in [0.717, 1.165) is 66.4 Å². The lowest BCUT2D eigenvalue weighted by molar-refractivity contribution is 0.669. The van der Waals surface area contributed by atoms with Crippen molar-refractivity contribution in [3.8, 4) is 22.3 Å². The smallest absolute Gasteiger partial charge is 0.159 e. The van der Waals surface area contributed by atoms with Crippen molar-refractivity contribution in [2.24, 2.45) is 9.98 Å². The van der Waals surface area contributed by atoms with E-state index in [0.29, 0.717) is 5.84 Å². The molecule has 1 atom stereocenters.